The zero-order chi connectivity index (χ0) is 14.0. The Morgan fingerprint density at radius 3 is 2.00 bits per heavy atom. The van der Waals surface area contributed by atoms with Crippen molar-refractivity contribution in [3.8, 4) is 0 Å². The first kappa shape index (κ1) is 14.7. The highest BCUT2D eigenvalue weighted by atomic mass is 35.5. The number of benzene rings is 2. The van der Waals surface area contributed by atoms with Crippen molar-refractivity contribution >= 4 is 34.8 Å². The van der Waals surface area contributed by atoms with E-state index in [4.69, 9.17) is 40.5 Å². The van der Waals surface area contributed by atoms with E-state index in [1.807, 2.05) is 49.4 Å². The van der Waals surface area contributed by atoms with E-state index in [2.05, 4.69) is 0 Å². The molecule has 0 heterocycles. The van der Waals surface area contributed by atoms with Gasteiger partial charge < -0.3 is 5.73 Å². The molecule has 100 valence electrons. The molecule has 4 heteroatoms. The van der Waals surface area contributed by atoms with Crippen LogP contribution in [0.2, 0.25) is 15.1 Å². The SMILES string of the molecule is CC(N)(Cc1c(Cl)cccc1Cl)c1ccc(Cl)cc1. The lowest BCUT2D eigenvalue weighted by atomic mass is 9.86. The number of hydrogen-bond acceptors (Lipinski definition) is 1. The molecule has 2 aromatic rings. The summed E-state index contributed by atoms with van der Waals surface area (Å²) in [5.41, 5.74) is 7.70. The Balaban J connectivity index is 2.33. The molecule has 0 saturated carbocycles. The van der Waals surface area contributed by atoms with Crippen LogP contribution in [0.3, 0.4) is 0 Å². The van der Waals surface area contributed by atoms with Crippen LogP contribution < -0.4 is 5.73 Å². The van der Waals surface area contributed by atoms with E-state index in [9.17, 15) is 0 Å². The largest absolute Gasteiger partial charge is 0.321 e. The number of hydrogen-bond donors (Lipinski definition) is 1. The van der Waals surface area contributed by atoms with E-state index in [-0.39, 0.29) is 0 Å². The van der Waals surface area contributed by atoms with Crippen molar-refractivity contribution in [1.82, 2.24) is 0 Å². The molecule has 0 saturated heterocycles. The number of rotatable bonds is 3. The van der Waals surface area contributed by atoms with Gasteiger partial charge in [-0.05, 0) is 48.7 Å². The van der Waals surface area contributed by atoms with E-state index in [0.717, 1.165) is 11.1 Å². The summed E-state index contributed by atoms with van der Waals surface area (Å²) in [4.78, 5) is 0. The Kier molecular flexibility index (Phi) is 4.42. The van der Waals surface area contributed by atoms with Crippen molar-refractivity contribution in [3.63, 3.8) is 0 Å². The quantitative estimate of drug-likeness (QED) is 0.841. The number of halogens is 3. The summed E-state index contributed by atoms with van der Waals surface area (Å²) in [6.07, 6.45) is 0.563. The van der Waals surface area contributed by atoms with Gasteiger partial charge in [-0.3, -0.25) is 0 Å². The predicted octanol–water partition coefficient (Wildman–Crippen LogP) is 5.06. The summed E-state index contributed by atoms with van der Waals surface area (Å²) in [5.74, 6) is 0. The van der Waals surface area contributed by atoms with Crippen molar-refractivity contribution in [2.75, 3.05) is 0 Å². The molecule has 0 spiro atoms. The molecule has 0 radical (unpaired) electrons. The van der Waals surface area contributed by atoms with Gasteiger partial charge in [-0.2, -0.15) is 0 Å². The average Bonchev–Trinajstić information content (AvgIpc) is 2.35. The molecule has 1 atom stereocenters. The highest BCUT2D eigenvalue weighted by Crippen LogP contribution is 2.31. The van der Waals surface area contributed by atoms with E-state index >= 15 is 0 Å². The minimum absolute atomic E-state index is 0.556. The third-order valence-electron chi connectivity index (χ3n) is 3.11. The summed E-state index contributed by atoms with van der Waals surface area (Å²) in [6, 6.07) is 13.0. The molecule has 0 bridgehead atoms. The Labute approximate surface area is 128 Å². The summed E-state index contributed by atoms with van der Waals surface area (Å²) in [6.45, 7) is 1.95. The van der Waals surface area contributed by atoms with Crippen molar-refractivity contribution in [2.24, 2.45) is 5.73 Å². The van der Waals surface area contributed by atoms with Crippen LogP contribution in [0.5, 0.6) is 0 Å². The molecule has 0 fully saturated rings. The number of nitrogens with two attached hydrogens (primary N) is 1. The predicted molar refractivity (Wildman–Crippen MR) is 83.2 cm³/mol. The van der Waals surface area contributed by atoms with Gasteiger partial charge in [-0.25, -0.2) is 0 Å². The molecule has 1 nitrogen and oxygen atoms in total. The third kappa shape index (κ3) is 3.43. The maximum atomic E-state index is 6.40. The fourth-order valence-corrected chi connectivity index (χ4v) is 2.66. The van der Waals surface area contributed by atoms with Gasteiger partial charge in [-0.15, -0.1) is 0 Å². The van der Waals surface area contributed by atoms with Crippen LogP contribution in [0.15, 0.2) is 42.5 Å². The lowest BCUT2D eigenvalue weighted by Gasteiger charge is -2.26. The molecule has 19 heavy (non-hydrogen) atoms. The molecule has 0 aliphatic heterocycles. The molecular weight excluding hydrogens is 301 g/mol. The molecule has 1 unspecified atom stereocenters. The maximum Gasteiger partial charge on any atom is 0.0453 e. The van der Waals surface area contributed by atoms with Gasteiger partial charge in [0.1, 0.15) is 0 Å². The van der Waals surface area contributed by atoms with Gasteiger partial charge in [0.2, 0.25) is 0 Å². The Bertz CT molecular complexity index is 556. The second-order valence-corrected chi connectivity index (χ2v) is 6.05. The second kappa shape index (κ2) is 5.72. The van der Waals surface area contributed by atoms with Crippen LogP contribution >= 0.6 is 34.8 Å². The Morgan fingerprint density at radius 2 is 1.47 bits per heavy atom. The zero-order valence-corrected chi connectivity index (χ0v) is 12.7. The van der Waals surface area contributed by atoms with E-state index in [1.54, 1.807) is 0 Å². The van der Waals surface area contributed by atoms with E-state index < -0.39 is 5.54 Å². The van der Waals surface area contributed by atoms with Crippen LogP contribution in [0.25, 0.3) is 0 Å². The first-order valence-electron chi connectivity index (χ1n) is 5.88. The molecule has 0 aliphatic carbocycles. The van der Waals surface area contributed by atoms with Crippen molar-refractivity contribution in [3.05, 3.63) is 68.7 Å². The van der Waals surface area contributed by atoms with Crippen molar-refractivity contribution < 1.29 is 0 Å². The minimum atomic E-state index is -0.556. The molecule has 0 amide bonds. The van der Waals surface area contributed by atoms with Gasteiger partial charge in [0, 0.05) is 20.6 Å². The lowest BCUT2D eigenvalue weighted by Crippen LogP contribution is -2.35. The highest BCUT2D eigenvalue weighted by Gasteiger charge is 2.24. The summed E-state index contributed by atoms with van der Waals surface area (Å²) in [5, 5.41) is 1.96. The molecule has 0 aliphatic rings. The van der Waals surface area contributed by atoms with Crippen LogP contribution in [0.4, 0.5) is 0 Å². The van der Waals surface area contributed by atoms with Crippen molar-refractivity contribution in [2.45, 2.75) is 18.9 Å². The first-order valence-corrected chi connectivity index (χ1v) is 7.01. The summed E-state index contributed by atoms with van der Waals surface area (Å²) < 4.78 is 0. The van der Waals surface area contributed by atoms with Crippen LogP contribution in [-0.2, 0) is 12.0 Å². The molecule has 2 aromatic carbocycles. The van der Waals surface area contributed by atoms with Crippen molar-refractivity contribution in [1.29, 1.82) is 0 Å². The Morgan fingerprint density at radius 1 is 0.947 bits per heavy atom. The fraction of sp³-hybridized carbons (Fsp3) is 0.200. The maximum absolute atomic E-state index is 6.40. The lowest BCUT2D eigenvalue weighted by molar-refractivity contribution is 0.491. The molecule has 2 rings (SSSR count). The molecular formula is C15H14Cl3N. The van der Waals surface area contributed by atoms with Crippen LogP contribution in [-0.4, -0.2) is 0 Å². The monoisotopic (exact) mass is 313 g/mol. The van der Waals surface area contributed by atoms with Gasteiger partial charge in [-0.1, -0.05) is 53.0 Å². The summed E-state index contributed by atoms with van der Waals surface area (Å²) in [7, 11) is 0. The van der Waals surface area contributed by atoms with Gasteiger partial charge >= 0.3 is 0 Å². The van der Waals surface area contributed by atoms with Gasteiger partial charge in [0.15, 0.2) is 0 Å². The van der Waals surface area contributed by atoms with Crippen LogP contribution in [0, 0.1) is 0 Å². The normalized spacial score (nSPS) is 14.2. The third-order valence-corrected chi connectivity index (χ3v) is 4.07. The topological polar surface area (TPSA) is 26.0 Å². The minimum Gasteiger partial charge on any atom is -0.321 e. The first-order chi connectivity index (χ1) is 8.90. The molecule has 0 aromatic heterocycles. The standard InChI is InChI=1S/C15H14Cl3N/c1-15(19,10-5-7-11(16)8-6-10)9-12-13(17)3-2-4-14(12)18/h2-8H,9,19H2,1H3. The van der Waals surface area contributed by atoms with E-state index in [0.29, 0.717) is 21.5 Å². The smallest absolute Gasteiger partial charge is 0.0453 e. The average molecular weight is 315 g/mol. The Hall–Kier alpha value is -0.730. The zero-order valence-electron chi connectivity index (χ0n) is 10.5. The van der Waals surface area contributed by atoms with E-state index in [1.165, 1.54) is 0 Å². The second-order valence-electron chi connectivity index (χ2n) is 4.80. The van der Waals surface area contributed by atoms with Crippen LogP contribution in [0.1, 0.15) is 18.1 Å². The van der Waals surface area contributed by atoms with Gasteiger partial charge in [0.05, 0.1) is 0 Å². The fourth-order valence-electron chi connectivity index (χ4n) is 2.00. The van der Waals surface area contributed by atoms with Gasteiger partial charge in [0.25, 0.3) is 0 Å². The summed E-state index contributed by atoms with van der Waals surface area (Å²) >= 11 is 18.3. The highest BCUT2D eigenvalue weighted by molar-refractivity contribution is 6.36. The molecule has 2 N–H and O–H groups in total.